The van der Waals surface area contributed by atoms with Gasteiger partial charge in [0.15, 0.2) is 5.96 Å². The third kappa shape index (κ3) is 2.48. The smallest absolute Gasteiger partial charge is 0.191 e. The summed E-state index contributed by atoms with van der Waals surface area (Å²) in [4.78, 5) is 4.47. The lowest BCUT2D eigenvalue weighted by molar-refractivity contribution is -0.171. The summed E-state index contributed by atoms with van der Waals surface area (Å²) in [5.74, 6) is 1.75. The minimum atomic E-state index is 0. The molecule has 120 valence electrons. The number of hydrogen-bond acceptors (Lipinski definition) is 2. The van der Waals surface area contributed by atoms with E-state index in [0.717, 1.165) is 18.5 Å². The van der Waals surface area contributed by atoms with E-state index < -0.39 is 0 Å². The first-order valence-electron chi connectivity index (χ1n) is 8.45. The monoisotopic (exact) mass is 405 g/mol. The molecule has 0 aromatic rings. The van der Waals surface area contributed by atoms with Gasteiger partial charge in [-0.1, -0.05) is 19.3 Å². The summed E-state index contributed by atoms with van der Waals surface area (Å²) in [6.07, 6.45) is 11.1. The highest BCUT2D eigenvalue weighted by Gasteiger charge is 2.66. The molecule has 3 unspecified atom stereocenters. The first-order valence-corrected chi connectivity index (χ1v) is 8.45. The summed E-state index contributed by atoms with van der Waals surface area (Å²) >= 11 is 0. The van der Waals surface area contributed by atoms with Crippen molar-refractivity contribution in [3.05, 3.63) is 0 Å². The number of aliphatic imine (C=N–C) groups is 1. The number of ether oxygens (including phenoxy) is 1. The van der Waals surface area contributed by atoms with Crippen molar-refractivity contribution >= 4 is 29.9 Å². The number of rotatable bonds is 2. The number of nitrogens with one attached hydrogen (secondary N) is 2. The molecule has 0 aromatic carbocycles. The van der Waals surface area contributed by atoms with E-state index in [-0.39, 0.29) is 24.0 Å². The first kappa shape index (κ1) is 15.8. The summed E-state index contributed by atoms with van der Waals surface area (Å²) in [5, 5.41) is 7.38. The molecule has 5 heteroatoms. The number of nitrogens with zero attached hydrogens (tertiary/aromatic N) is 1. The molecule has 1 saturated heterocycles. The minimum Gasteiger partial charge on any atom is -0.377 e. The van der Waals surface area contributed by atoms with Crippen LogP contribution in [0.5, 0.6) is 0 Å². The van der Waals surface area contributed by atoms with E-state index in [2.05, 4.69) is 15.6 Å². The second kappa shape index (κ2) is 6.22. The molecular weight excluding hydrogens is 377 g/mol. The Kier molecular flexibility index (Phi) is 4.69. The predicted octanol–water partition coefficient (Wildman–Crippen LogP) is 2.67. The molecule has 1 aliphatic heterocycles. The van der Waals surface area contributed by atoms with Gasteiger partial charge in [0.2, 0.25) is 0 Å². The maximum absolute atomic E-state index is 5.99. The third-order valence-electron chi connectivity index (χ3n) is 6.25. The summed E-state index contributed by atoms with van der Waals surface area (Å²) < 4.78 is 5.99. The lowest BCUT2D eigenvalue weighted by Crippen LogP contribution is -2.72. The molecule has 3 aliphatic carbocycles. The second-order valence-electron chi connectivity index (χ2n) is 7.15. The zero-order valence-electron chi connectivity index (χ0n) is 12.9. The molecule has 0 radical (unpaired) electrons. The fourth-order valence-electron chi connectivity index (χ4n) is 5.04. The van der Waals surface area contributed by atoms with Gasteiger partial charge < -0.3 is 15.4 Å². The van der Waals surface area contributed by atoms with E-state index in [4.69, 9.17) is 4.74 Å². The van der Waals surface area contributed by atoms with Crippen molar-refractivity contribution in [2.75, 3.05) is 13.7 Å². The van der Waals surface area contributed by atoms with Crippen LogP contribution in [-0.2, 0) is 4.74 Å². The van der Waals surface area contributed by atoms with Crippen LogP contribution < -0.4 is 10.6 Å². The Balaban J connectivity index is 0.00000132. The summed E-state index contributed by atoms with van der Waals surface area (Å²) in [6, 6.07) is 1.23. The van der Waals surface area contributed by atoms with Crippen LogP contribution in [0.2, 0.25) is 0 Å². The normalized spacial score (nSPS) is 37.4. The van der Waals surface area contributed by atoms with Crippen LogP contribution in [0.25, 0.3) is 0 Å². The highest BCUT2D eigenvalue weighted by Crippen LogP contribution is 2.62. The molecule has 3 atom stereocenters. The first-order chi connectivity index (χ1) is 9.83. The van der Waals surface area contributed by atoms with Gasteiger partial charge in [0, 0.05) is 37.1 Å². The standard InChI is InChI=1S/C16H27N3O.HI/c1-17-15(18-11-5-2-3-6-11)19-13-12-7-10-20-14(12)16(13)8-4-9-16;/h11-14H,2-10H2,1H3,(H2,17,18,19);1H. The van der Waals surface area contributed by atoms with Crippen molar-refractivity contribution in [1.82, 2.24) is 10.6 Å². The zero-order chi connectivity index (χ0) is 13.6. The second-order valence-corrected chi connectivity index (χ2v) is 7.15. The third-order valence-corrected chi connectivity index (χ3v) is 6.25. The fourth-order valence-corrected chi connectivity index (χ4v) is 5.04. The van der Waals surface area contributed by atoms with Crippen LogP contribution in [0, 0.1) is 11.3 Å². The Morgan fingerprint density at radius 1 is 1.10 bits per heavy atom. The quantitative estimate of drug-likeness (QED) is 0.422. The number of halogens is 1. The molecule has 4 nitrogen and oxygen atoms in total. The Labute approximate surface area is 144 Å². The average molecular weight is 405 g/mol. The zero-order valence-corrected chi connectivity index (χ0v) is 15.3. The lowest BCUT2D eigenvalue weighted by atomic mass is 9.46. The SMILES string of the molecule is CN=C(NC1CCCC1)NC1C2CCOC2C12CCC2.I. The van der Waals surface area contributed by atoms with Gasteiger partial charge in [-0.25, -0.2) is 0 Å². The van der Waals surface area contributed by atoms with Crippen molar-refractivity contribution < 1.29 is 4.74 Å². The molecule has 1 spiro atoms. The molecule has 2 N–H and O–H groups in total. The Bertz CT molecular complexity index is 404. The maximum Gasteiger partial charge on any atom is 0.191 e. The Morgan fingerprint density at radius 3 is 2.48 bits per heavy atom. The van der Waals surface area contributed by atoms with Crippen LogP contribution in [0.4, 0.5) is 0 Å². The van der Waals surface area contributed by atoms with E-state index >= 15 is 0 Å². The lowest BCUT2D eigenvalue weighted by Gasteiger charge is -2.63. The van der Waals surface area contributed by atoms with E-state index in [9.17, 15) is 0 Å². The van der Waals surface area contributed by atoms with Crippen molar-refractivity contribution in [3.63, 3.8) is 0 Å². The van der Waals surface area contributed by atoms with Crippen molar-refractivity contribution in [2.45, 2.75) is 69.6 Å². The summed E-state index contributed by atoms with van der Waals surface area (Å²) in [7, 11) is 1.90. The van der Waals surface area contributed by atoms with Gasteiger partial charge >= 0.3 is 0 Å². The molecule has 4 aliphatic rings. The predicted molar refractivity (Wildman–Crippen MR) is 95.2 cm³/mol. The molecule has 3 saturated carbocycles. The van der Waals surface area contributed by atoms with Crippen molar-refractivity contribution in [2.24, 2.45) is 16.3 Å². The largest absolute Gasteiger partial charge is 0.377 e. The molecule has 1 heterocycles. The van der Waals surface area contributed by atoms with Gasteiger partial charge in [0.05, 0.1) is 6.10 Å². The van der Waals surface area contributed by atoms with Gasteiger partial charge in [0.25, 0.3) is 0 Å². The number of guanidine groups is 1. The number of hydrogen-bond donors (Lipinski definition) is 2. The van der Waals surface area contributed by atoms with E-state index in [0.29, 0.717) is 23.6 Å². The summed E-state index contributed by atoms with van der Waals surface area (Å²) in [6.45, 7) is 0.962. The van der Waals surface area contributed by atoms with Gasteiger partial charge in [-0.05, 0) is 32.1 Å². The van der Waals surface area contributed by atoms with Crippen LogP contribution in [0.1, 0.15) is 51.4 Å². The summed E-state index contributed by atoms with van der Waals surface area (Å²) in [5.41, 5.74) is 0.439. The molecular formula is C16H28IN3O. The van der Waals surface area contributed by atoms with Crippen molar-refractivity contribution in [3.8, 4) is 0 Å². The van der Waals surface area contributed by atoms with Gasteiger partial charge in [0.1, 0.15) is 0 Å². The van der Waals surface area contributed by atoms with Crippen LogP contribution in [0.15, 0.2) is 4.99 Å². The molecule has 0 aromatic heterocycles. The molecule has 0 bridgehead atoms. The van der Waals surface area contributed by atoms with Gasteiger partial charge in [-0.3, -0.25) is 4.99 Å². The fraction of sp³-hybridized carbons (Fsp3) is 0.938. The Morgan fingerprint density at radius 2 is 1.86 bits per heavy atom. The van der Waals surface area contributed by atoms with Gasteiger partial charge in [-0.2, -0.15) is 0 Å². The van der Waals surface area contributed by atoms with Crippen molar-refractivity contribution in [1.29, 1.82) is 0 Å². The van der Waals surface area contributed by atoms with E-state index in [1.165, 1.54) is 51.4 Å². The van der Waals surface area contributed by atoms with E-state index in [1.54, 1.807) is 0 Å². The molecule has 4 fully saturated rings. The van der Waals surface area contributed by atoms with Crippen LogP contribution in [-0.4, -0.2) is 37.8 Å². The highest BCUT2D eigenvalue weighted by atomic mass is 127. The minimum absolute atomic E-state index is 0. The van der Waals surface area contributed by atoms with Gasteiger partial charge in [-0.15, -0.1) is 24.0 Å². The topological polar surface area (TPSA) is 45.7 Å². The van der Waals surface area contributed by atoms with Crippen LogP contribution in [0.3, 0.4) is 0 Å². The van der Waals surface area contributed by atoms with E-state index in [1.807, 2.05) is 7.05 Å². The average Bonchev–Trinajstić information content (AvgIpc) is 3.03. The maximum atomic E-state index is 5.99. The highest BCUT2D eigenvalue weighted by molar-refractivity contribution is 14.0. The Hall–Kier alpha value is -0.0400. The molecule has 0 amide bonds. The van der Waals surface area contributed by atoms with Crippen LogP contribution >= 0.6 is 24.0 Å². The number of fused-ring (bicyclic) bond motifs is 2. The molecule has 21 heavy (non-hydrogen) atoms. The molecule has 4 rings (SSSR count).